The van der Waals surface area contributed by atoms with Crippen LogP contribution in [0, 0.1) is 5.92 Å². The van der Waals surface area contributed by atoms with Crippen molar-refractivity contribution >= 4 is 17.8 Å². The number of allylic oxidation sites excluding steroid dienone is 1. The molecule has 0 saturated carbocycles. The number of amides is 2. The second kappa shape index (κ2) is 15.1. The fraction of sp³-hybridized carbons (Fsp3) is 0.476. The molecule has 0 aliphatic heterocycles. The van der Waals surface area contributed by atoms with Gasteiger partial charge in [-0.05, 0) is 12.0 Å². The van der Waals surface area contributed by atoms with Crippen molar-refractivity contribution in [3.63, 3.8) is 0 Å². The Balaban J connectivity index is 2.52. The number of hydrogen-bond donors (Lipinski definition) is 4. The molecular weight excluding hydrogens is 392 g/mol. The molecule has 2 amide bonds. The number of ether oxygens (including phenoxy) is 2. The molecule has 0 saturated heterocycles. The van der Waals surface area contributed by atoms with E-state index in [1.807, 2.05) is 6.07 Å². The molecule has 9 nitrogen and oxygen atoms in total. The molecular formula is C21H30N2O7. The molecule has 9 heteroatoms. The van der Waals surface area contributed by atoms with Gasteiger partial charge in [-0.25, -0.2) is 4.79 Å². The van der Waals surface area contributed by atoms with Crippen LogP contribution in [-0.4, -0.2) is 67.0 Å². The molecule has 0 heterocycles. The van der Waals surface area contributed by atoms with Crippen LogP contribution in [0.3, 0.4) is 0 Å². The third kappa shape index (κ3) is 10.1. The number of nitrogens with one attached hydrogen (secondary N) is 2. The molecule has 0 aliphatic carbocycles. The third-order valence-corrected chi connectivity index (χ3v) is 4.07. The van der Waals surface area contributed by atoms with Crippen LogP contribution >= 0.6 is 0 Å². The van der Waals surface area contributed by atoms with Crippen LogP contribution in [0.1, 0.15) is 18.4 Å². The number of rotatable bonds is 15. The lowest BCUT2D eigenvalue weighted by molar-refractivity contribution is -0.150. The number of aliphatic hydroxyl groups is 2. The van der Waals surface area contributed by atoms with Crippen LogP contribution in [0.15, 0.2) is 43.0 Å². The molecule has 1 aromatic carbocycles. The van der Waals surface area contributed by atoms with Gasteiger partial charge in [-0.3, -0.25) is 9.59 Å². The standard InChI is InChI=1S/C21H30N2O7/c1-2-6-17(13-19(26)22-9-11-29-12-10-24)20(27)23-18(14-25)21(28)30-15-16-7-4-3-5-8-16/h2-5,7-8,17-18,24-25H,1,6,9-15H2,(H,22,26)(H,23,27). The van der Waals surface area contributed by atoms with Crippen LogP contribution in [-0.2, 0) is 30.5 Å². The summed E-state index contributed by atoms with van der Waals surface area (Å²) in [5.41, 5.74) is 0.776. The van der Waals surface area contributed by atoms with Gasteiger partial charge in [-0.2, -0.15) is 0 Å². The normalized spacial score (nSPS) is 12.5. The van der Waals surface area contributed by atoms with Crippen LogP contribution in [0.25, 0.3) is 0 Å². The Morgan fingerprint density at radius 1 is 1.13 bits per heavy atom. The number of esters is 1. The largest absolute Gasteiger partial charge is 0.459 e. The maximum absolute atomic E-state index is 12.5. The molecule has 0 aliphatic rings. The van der Waals surface area contributed by atoms with E-state index in [9.17, 15) is 19.5 Å². The van der Waals surface area contributed by atoms with Gasteiger partial charge in [0.05, 0.1) is 32.3 Å². The second-order valence-corrected chi connectivity index (χ2v) is 6.45. The van der Waals surface area contributed by atoms with Gasteiger partial charge in [-0.1, -0.05) is 36.4 Å². The summed E-state index contributed by atoms with van der Waals surface area (Å²) in [5, 5.41) is 23.1. The summed E-state index contributed by atoms with van der Waals surface area (Å²) in [5.74, 6) is -2.44. The maximum Gasteiger partial charge on any atom is 0.331 e. The first kappa shape index (κ1) is 25.3. The maximum atomic E-state index is 12.5. The minimum Gasteiger partial charge on any atom is -0.459 e. The van der Waals surface area contributed by atoms with Crippen molar-refractivity contribution in [3.8, 4) is 0 Å². The van der Waals surface area contributed by atoms with E-state index < -0.39 is 30.4 Å². The fourth-order valence-electron chi connectivity index (χ4n) is 2.51. The van der Waals surface area contributed by atoms with Gasteiger partial charge in [0.15, 0.2) is 6.04 Å². The van der Waals surface area contributed by atoms with E-state index in [1.165, 1.54) is 6.08 Å². The average molecular weight is 422 g/mol. The monoisotopic (exact) mass is 422 g/mol. The van der Waals surface area contributed by atoms with Crippen LogP contribution in [0.4, 0.5) is 0 Å². The Hall–Kier alpha value is -2.75. The third-order valence-electron chi connectivity index (χ3n) is 4.07. The number of carbonyl (C=O) groups is 3. The Labute approximate surface area is 176 Å². The SMILES string of the molecule is C=CCC(CC(=O)NCCOCCO)C(=O)NC(CO)C(=O)OCc1ccccc1. The van der Waals surface area contributed by atoms with Gasteiger partial charge in [-0.15, -0.1) is 6.58 Å². The highest BCUT2D eigenvalue weighted by atomic mass is 16.5. The molecule has 0 fully saturated rings. The van der Waals surface area contributed by atoms with E-state index in [4.69, 9.17) is 14.6 Å². The highest BCUT2D eigenvalue weighted by Crippen LogP contribution is 2.11. The summed E-state index contributed by atoms with van der Waals surface area (Å²) >= 11 is 0. The van der Waals surface area contributed by atoms with Crippen LogP contribution < -0.4 is 10.6 Å². The Morgan fingerprint density at radius 2 is 1.87 bits per heavy atom. The first-order valence-corrected chi connectivity index (χ1v) is 9.69. The van der Waals surface area contributed by atoms with Gasteiger partial charge in [0.1, 0.15) is 6.61 Å². The summed E-state index contributed by atoms with van der Waals surface area (Å²) in [6.07, 6.45) is 1.61. The van der Waals surface area contributed by atoms with Gasteiger partial charge >= 0.3 is 5.97 Å². The summed E-state index contributed by atoms with van der Waals surface area (Å²) < 4.78 is 10.2. The van der Waals surface area contributed by atoms with Crippen molar-refractivity contribution in [2.75, 3.05) is 33.0 Å². The van der Waals surface area contributed by atoms with Gasteiger partial charge in [0.2, 0.25) is 11.8 Å². The molecule has 1 rings (SSSR count). The van der Waals surface area contributed by atoms with E-state index in [2.05, 4.69) is 17.2 Å². The fourth-order valence-corrected chi connectivity index (χ4v) is 2.51. The summed E-state index contributed by atoms with van der Waals surface area (Å²) in [7, 11) is 0. The Kier molecular flexibility index (Phi) is 12.8. The van der Waals surface area contributed by atoms with Crippen LogP contribution in [0.5, 0.6) is 0 Å². The Bertz CT molecular complexity index is 667. The average Bonchev–Trinajstić information content (AvgIpc) is 2.75. The van der Waals surface area contributed by atoms with Crippen molar-refractivity contribution in [2.45, 2.75) is 25.5 Å². The lowest BCUT2D eigenvalue weighted by Crippen LogP contribution is -2.47. The smallest absolute Gasteiger partial charge is 0.331 e. The summed E-state index contributed by atoms with van der Waals surface area (Å²) in [4.78, 5) is 36.7. The van der Waals surface area contributed by atoms with Crippen molar-refractivity contribution < 1.29 is 34.1 Å². The van der Waals surface area contributed by atoms with Crippen molar-refractivity contribution in [1.29, 1.82) is 0 Å². The first-order valence-electron chi connectivity index (χ1n) is 9.69. The van der Waals surface area contributed by atoms with E-state index in [0.29, 0.717) is 0 Å². The number of benzene rings is 1. The molecule has 1 aromatic rings. The highest BCUT2D eigenvalue weighted by molar-refractivity contribution is 5.89. The van der Waals surface area contributed by atoms with Crippen molar-refractivity contribution in [3.05, 3.63) is 48.6 Å². The van der Waals surface area contributed by atoms with Gasteiger partial charge < -0.3 is 30.3 Å². The predicted octanol–water partition coefficient (Wildman–Crippen LogP) is -0.0856. The molecule has 30 heavy (non-hydrogen) atoms. The Morgan fingerprint density at radius 3 is 2.50 bits per heavy atom. The number of aliphatic hydroxyl groups excluding tert-OH is 2. The molecule has 2 atom stereocenters. The highest BCUT2D eigenvalue weighted by Gasteiger charge is 2.27. The lowest BCUT2D eigenvalue weighted by Gasteiger charge is -2.20. The molecule has 0 spiro atoms. The molecule has 2 unspecified atom stereocenters. The van der Waals surface area contributed by atoms with Gasteiger partial charge in [0.25, 0.3) is 0 Å². The zero-order valence-electron chi connectivity index (χ0n) is 16.9. The molecule has 0 aromatic heterocycles. The number of hydrogen-bond acceptors (Lipinski definition) is 7. The first-order chi connectivity index (χ1) is 14.5. The minimum atomic E-state index is -1.23. The minimum absolute atomic E-state index is 0.0168. The predicted molar refractivity (Wildman–Crippen MR) is 109 cm³/mol. The molecule has 0 radical (unpaired) electrons. The van der Waals surface area contributed by atoms with E-state index >= 15 is 0 Å². The molecule has 0 bridgehead atoms. The van der Waals surface area contributed by atoms with E-state index in [1.54, 1.807) is 24.3 Å². The van der Waals surface area contributed by atoms with E-state index in [0.717, 1.165) is 5.56 Å². The quantitative estimate of drug-likeness (QED) is 0.176. The second-order valence-electron chi connectivity index (χ2n) is 6.45. The van der Waals surface area contributed by atoms with E-state index in [-0.39, 0.29) is 51.7 Å². The molecule has 4 N–H and O–H groups in total. The lowest BCUT2D eigenvalue weighted by atomic mass is 9.99. The zero-order valence-corrected chi connectivity index (χ0v) is 16.9. The zero-order chi connectivity index (χ0) is 22.2. The number of carbonyl (C=O) groups excluding carboxylic acids is 3. The molecule has 166 valence electrons. The van der Waals surface area contributed by atoms with Crippen molar-refractivity contribution in [1.82, 2.24) is 10.6 Å². The van der Waals surface area contributed by atoms with Crippen molar-refractivity contribution in [2.24, 2.45) is 5.92 Å². The van der Waals surface area contributed by atoms with Gasteiger partial charge in [0, 0.05) is 13.0 Å². The topological polar surface area (TPSA) is 134 Å². The summed E-state index contributed by atoms with van der Waals surface area (Å²) in [6.45, 7) is 3.54. The summed E-state index contributed by atoms with van der Waals surface area (Å²) in [6, 6.07) is 7.78. The van der Waals surface area contributed by atoms with Crippen LogP contribution in [0.2, 0.25) is 0 Å².